The summed E-state index contributed by atoms with van der Waals surface area (Å²) in [5.41, 5.74) is 1.36. The number of hydrogen-bond donors (Lipinski definition) is 2. The zero-order valence-corrected chi connectivity index (χ0v) is 19.2. The van der Waals surface area contributed by atoms with Crippen LogP contribution in [0.4, 0.5) is 11.4 Å². The van der Waals surface area contributed by atoms with Gasteiger partial charge in [0.2, 0.25) is 0 Å². The van der Waals surface area contributed by atoms with E-state index >= 15 is 0 Å². The predicted molar refractivity (Wildman–Crippen MR) is 129 cm³/mol. The number of halogens is 1. The van der Waals surface area contributed by atoms with Gasteiger partial charge in [-0.25, -0.2) is 8.42 Å². The molecule has 0 aromatic heterocycles. The summed E-state index contributed by atoms with van der Waals surface area (Å²) >= 11 is 6.28. The Morgan fingerprint density at radius 2 is 1.67 bits per heavy atom. The van der Waals surface area contributed by atoms with Crippen LogP contribution in [-0.2, 0) is 9.84 Å². The predicted octanol–water partition coefficient (Wildman–Crippen LogP) is 4.81. The molecule has 0 aliphatic carbocycles. The normalized spacial score (nSPS) is 10.8. The van der Waals surface area contributed by atoms with Crippen molar-refractivity contribution in [3.05, 3.63) is 95.5 Å². The summed E-state index contributed by atoms with van der Waals surface area (Å²) in [5.74, 6) is -0.231. The van der Waals surface area contributed by atoms with Crippen LogP contribution < -0.4 is 15.4 Å². The van der Waals surface area contributed by atoms with Crippen LogP contribution in [0.2, 0.25) is 5.02 Å². The van der Waals surface area contributed by atoms with E-state index in [0.717, 1.165) is 6.26 Å². The summed E-state index contributed by atoms with van der Waals surface area (Å²) in [6.07, 6.45) is 2.70. The summed E-state index contributed by atoms with van der Waals surface area (Å²) in [6, 6.07) is 17.0. The third-order valence-electron chi connectivity index (χ3n) is 4.48. The molecule has 0 fully saturated rings. The average molecular weight is 485 g/mol. The van der Waals surface area contributed by atoms with Gasteiger partial charge >= 0.3 is 0 Å². The van der Waals surface area contributed by atoms with Gasteiger partial charge in [0.1, 0.15) is 12.4 Å². The molecule has 3 aromatic rings. The standard InChI is InChI=1S/C24H21ClN2O5S/c1-3-13-32-19-10-7-16(8-11-19)23(28)26-18-9-12-22(21(25)15-18)27-24(29)17-5-4-6-20(14-17)33(2,30)31/h3-12,14-15H,1,13H2,2H3,(H,26,28)(H,27,29). The first kappa shape index (κ1) is 24.0. The lowest BCUT2D eigenvalue weighted by atomic mass is 10.2. The third-order valence-corrected chi connectivity index (χ3v) is 5.91. The number of hydrogen-bond acceptors (Lipinski definition) is 5. The van der Waals surface area contributed by atoms with Gasteiger partial charge in [-0.3, -0.25) is 9.59 Å². The molecule has 0 bridgehead atoms. The van der Waals surface area contributed by atoms with Gasteiger partial charge in [-0.1, -0.05) is 30.3 Å². The second kappa shape index (κ2) is 10.3. The van der Waals surface area contributed by atoms with Crippen molar-refractivity contribution >= 4 is 44.6 Å². The Morgan fingerprint density at radius 3 is 2.30 bits per heavy atom. The maximum absolute atomic E-state index is 12.5. The average Bonchev–Trinajstić information content (AvgIpc) is 2.79. The van der Waals surface area contributed by atoms with E-state index in [4.69, 9.17) is 16.3 Å². The highest BCUT2D eigenvalue weighted by atomic mass is 35.5. The Hall–Kier alpha value is -3.62. The molecule has 0 radical (unpaired) electrons. The second-order valence-electron chi connectivity index (χ2n) is 7.03. The number of carbonyl (C=O) groups excluding carboxylic acids is 2. The molecule has 7 nitrogen and oxygen atoms in total. The molecular formula is C24H21ClN2O5S. The molecule has 9 heteroatoms. The largest absolute Gasteiger partial charge is 0.490 e. The maximum Gasteiger partial charge on any atom is 0.255 e. The van der Waals surface area contributed by atoms with E-state index in [1.54, 1.807) is 42.5 Å². The molecule has 0 spiro atoms. The van der Waals surface area contributed by atoms with Crippen LogP contribution in [0.1, 0.15) is 20.7 Å². The molecule has 0 aliphatic heterocycles. The quantitative estimate of drug-likeness (QED) is 0.446. The van der Waals surface area contributed by atoms with E-state index in [9.17, 15) is 18.0 Å². The van der Waals surface area contributed by atoms with Crippen molar-refractivity contribution in [1.82, 2.24) is 0 Å². The molecule has 0 atom stereocenters. The van der Waals surface area contributed by atoms with Crippen LogP contribution in [0.3, 0.4) is 0 Å². The molecule has 0 heterocycles. The molecule has 0 aliphatic rings. The molecule has 0 saturated carbocycles. The van der Waals surface area contributed by atoms with E-state index in [0.29, 0.717) is 29.3 Å². The Morgan fingerprint density at radius 1 is 0.970 bits per heavy atom. The number of amides is 2. The number of nitrogens with one attached hydrogen (secondary N) is 2. The van der Waals surface area contributed by atoms with E-state index in [1.165, 1.54) is 30.3 Å². The topological polar surface area (TPSA) is 102 Å². The third kappa shape index (κ3) is 6.44. The molecule has 33 heavy (non-hydrogen) atoms. The molecule has 2 N–H and O–H groups in total. The van der Waals surface area contributed by atoms with Gasteiger partial charge < -0.3 is 15.4 Å². The van der Waals surface area contributed by atoms with E-state index in [1.807, 2.05) is 0 Å². The Balaban J connectivity index is 1.68. The highest BCUT2D eigenvalue weighted by Gasteiger charge is 2.14. The number of sulfone groups is 1. The Kier molecular flexibility index (Phi) is 7.52. The monoisotopic (exact) mass is 484 g/mol. The number of anilines is 2. The summed E-state index contributed by atoms with van der Waals surface area (Å²) in [7, 11) is -3.44. The first-order valence-corrected chi connectivity index (χ1v) is 12.0. The minimum absolute atomic E-state index is 0.0413. The minimum atomic E-state index is -3.44. The first-order chi connectivity index (χ1) is 15.7. The smallest absolute Gasteiger partial charge is 0.255 e. The number of carbonyl (C=O) groups is 2. The highest BCUT2D eigenvalue weighted by Crippen LogP contribution is 2.27. The van der Waals surface area contributed by atoms with Crippen LogP contribution >= 0.6 is 11.6 Å². The van der Waals surface area contributed by atoms with E-state index < -0.39 is 15.7 Å². The number of benzene rings is 3. The van der Waals surface area contributed by atoms with Crippen molar-refractivity contribution in [2.24, 2.45) is 0 Å². The van der Waals surface area contributed by atoms with Gasteiger partial charge in [-0.05, 0) is 60.7 Å². The van der Waals surface area contributed by atoms with Crippen LogP contribution in [0.5, 0.6) is 5.75 Å². The zero-order valence-electron chi connectivity index (χ0n) is 17.7. The fourth-order valence-electron chi connectivity index (χ4n) is 2.82. The van der Waals surface area contributed by atoms with Crippen LogP contribution in [0.25, 0.3) is 0 Å². The van der Waals surface area contributed by atoms with E-state index in [2.05, 4.69) is 17.2 Å². The molecule has 3 rings (SSSR count). The Bertz CT molecular complexity index is 1300. The van der Waals surface area contributed by atoms with Gasteiger partial charge in [0.15, 0.2) is 9.84 Å². The molecule has 2 amide bonds. The van der Waals surface area contributed by atoms with Crippen molar-refractivity contribution in [3.63, 3.8) is 0 Å². The molecule has 3 aromatic carbocycles. The number of ether oxygens (including phenoxy) is 1. The summed E-state index contributed by atoms with van der Waals surface area (Å²) in [4.78, 5) is 25.1. The fraction of sp³-hybridized carbons (Fsp3) is 0.0833. The molecule has 0 saturated heterocycles. The highest BCUT2D eigenvalue weighted by molar-refractivity contribution is 7.90. The van der Waals surface area contributed by atoms with Crippen LogP contribution in [-0.4, -0.2) is 33.1 Å². The summed E-state index contributed by atoms with van der Waals surface area (Å²) < 4.78 is 28.8. The van der Waals surface area contributed by atoms with Crippen molar-refractivity contribution in [3.8, 4) is 5.75 Å². The van der Waals surface area contributed by atoms with Gasteiger partial charge in [-0.2, -0.15) is 0 Å². The maximum atomic E-state index is 12.5. The SMILES string of the molecule is C=CCOc1ccc(C(=O)Nc2ccc(NC(=O)c3cccc(S(C)(=O)=O)c3)c(Cl)c2)cc1. The van der Waals surface area contributed by atoms with Gasteiger partial charge in [0.05, 0.1) is 15.6 Å². The van der Waals surface area contributed by atoms with Gasteiger partial charge in [0.25, 0.3) is 11.8 Å². The lowest BCUT2D eigenvalue weighted by Crippen LogP contribution is -2.14. The van der Waals surface area contributed by atoms with Gasteiger partial charge in [0, 0.05) is 23.1 Å². The van der Waals surface area contributed by atoms with E-state index in [-0.39, 0.29) is 21.4 Å². The van der Waals surface area contributed by atoms with Crippen molar-refractivity contribution in [2.45, 2.75) is 4.90 Å². The second-order valence-corrected chi connectivity index (χ2v) is 9.45. The number of rotatable bonds is 8. The molecule has 170 valence electrons. The van der Waals surface area contributed by atoms with Crippen molar-refractivity contribution < 1.29 is 22.7 Å². The molecule has 0 unspecified atom stereocenters. The summed E-state index contributed by atoms with van der Waals surface area (Å²) in [5, 5.41) is 5.58. The minimum Gasteiger partial charge on any atom is -0.490 e. The zero-order chi connectivity index (χ0) is 24.0. The van der Waals surface area contributed by atoms with Gasteiger partial charge in [-0.15, -0.1) is 0 Å². The first-order valence-electron chi connectivity index (χ1n) is 9.73. The lowest BCUT2D eigenvalue weighted by molar-refractivity contribution is 0.101. The van der Waals surface area contributed by atoms with Crippen LogP contribution in [0.15, 0.2) is 84.3 Å². The van der Waals surface area contributed by atoms with Crippen LogP contribution in [0, 0.1) is 0 Å². The Labute approximate surface area is 197 Å². The van der Waals surface area contributed by atoms with Crippen molar-refractivity contribution in [2.75, 3.05) is 23.5 Å². The summed E-state index contributed by atoms with van der Waals surface area (Å²) in [6.45, 7) is 3.95. The molecular weight excluding hydrogens is 464 g/mol. The van der Waals surface area contributed by atoms with Crippen molar-refractivity contribution in [1.29, 1.82) is 0 Å². The fourth-order valence-corrected chi connectivity index (χ4v) is 3.71. The lowest BCUT2D eigenvalue weighted by Gasteiger charge is -2.11.